The second-order valence-electron chi connectivity index (χ2n) is 2.15. The van der Waals surface area contributed by atoms with Crippen LogP contribution in [0.1, 0.15) is 6.92 Å². The van der Waals surface area contributed by atoms with E-state index in [1.807, 2.05) is 0 Å². The molecule has 1 rings (SSSR count). The van der Waals surface area contributed by atoms with Gasteiger partial charge in [-0.15, -0.1) is 0 Å². The highest BCUT2D eigenvalue weighted by Crippen LogP contribution is 2.15. The third kappa shape index (κ3) is 2.41. The molecule has 1 aromatic heterocycles. The Morgan fingerprint density at radius 2 is 2.36 bits per heavy atom. The Balaban J connectivity index is 2.85. The number of carbonyl (C=O) groups excluding carboxylic acids is 1. The standard InChI is InChI=1S/C6H6Br2N2O/c1-4(11)3-10-6(8)2-5(7)9-10/h2H,3H2,1H3. The molecule has 1 heterocycles. The summed E-state index contributed by atoms with van der Waals surface area (Å²) in [6.07, 6.45) is 0. The predicted octanol–water partition coefficient (Wildman–Crippen LogP) is 2.00. The van der Waals surface area contributed by atoms with Crippen LogP contribution in [0.3, 0.4) is 0 Å². The molecule has 0 aliphatic rings. The van der Waals surface area contributed by atoms with Gasteiger partial charge >= 0.3 is 0 Å². The zero-order chi connectivity index (χ0) is 8.43. The van der Waals surface area contributed by atoms with E-state index < -0.39 is 0 Å². The predicted molar refractivity (Wildman–Crippen MR) is 48.3 cm³/mol. The second kappa shape index (κ2) is 3.49. The van der Waals surface area contributed by atoms with Gasteiger partial charge in [-0.1, -0.05) is 0 Å². The van der Waals surface area contributed by atoms with Crippen molar-refractivity contribution in [1.29, 1.82) is 0 Å². The zero-order valence-electron chi connectivity index (χ0n) is 5.84. The molecule has 0 unspecified atom stereocenters. The molecular weight excluding hydrogens is 276 g/mol. The Labute approximate surface area is 81.0 Å². The summed E-state index contributed by atoms with van der Waals surface area (Å²) in [5, 5.41) is 4.02. The third-order valence-electron chi connectivity index (χ3n) is 1.07. The molecule has 0 saturated heterocycles. The number of ketones is 1. The average molecular weight is 282 g/mol. The zero-order valence-corrected chi connectivity index (χ0v) is 9.02. The monoisotopic (exact) mass is 280 g/mol. The quantitative estimate of drug-likeness (QED) is 0.831. The Morgan fingerprint density at radius 3 is 2.73 bits per heavy atom. The molecule has 0 aromatic carbocycles. The number of carbonyl (C=O) groups is 1. The summed E-state index contributed by atoms with van der Waals surface area (Å²) in [7, 11) is 0. The van der Waals surface area contributed by atoms with Crippen LogP contribution in [0, 0.1) is 0 Å². The van der Waals surface area contributed by atoms with E-state index in [9.17, 15) is 4.79 Å². The van der Waals surface area contributed by atoms with Crippen LogP contribution in [0.25, 0.3) is 0 Å². The normalized spacial score (nSPS) is 10.1. The highest BCUT2D eigenvalue weighted by atomic mass is 79.9. The van der Waals surface area contributed by atoms with Crippen LogP contribution in [0.15, 0.2) is 15.3 Å². The summed E-state index contributed by atoms with van der Waals surface area (Å²) in [5.41, 5.74) is 0. The average Bonchev–Trinajstić information content (AvgIpc) is 2.09. The fourth-order valence-electron chi connectivity index (χ4n) is 0.687. The molecule has 0 atom stereocenters. The van der Waals surface area contributed by atoms with E-state index in [0.717, 1.165) is 9.21 Å². The largest absolute Gasteiger partial charge is 0.298 e. The first kappa shape index (κ1) is 8.93. The number of nitrogens with zero attached hydrogens (tertiary/aromatic N) is 2. The highest BCUT2D eigenvalue weighted by Gasteiger charge is 2.03. The van der Waals surface area contributed by atoms with E-state index in [0.29, 0.717) is 6.54 Å². The minimum atomic E-state index is 0.0845. The molecular formula is C6H6Br2N2O. The molecule has 0 radical (unpaired) electrons. The van der Waals surface area contributed by atoms with E-state index in [1.54, 1.807) is 10.7 Å². The van der Waals surface area contributed by atoms with Crippen molar-refractivity contribution in [2.24, 2.45) is 0 Å². The lowest BCUT2D eigenvalue weighted by Crippen LogP contribution is -2.07. The van der Waals surface area contributed by atoms with Crippen LogP contribution in [-0.4, -0.2) is 15.6 Å². The molecule has 1 aromatic rings. The van der Waals surface area contributed by atoms with Crippen LogP contribution in [-0.2, 0) is 11.3 Å². The van der Waals surface area contributed by atoms with Crippen molar-refractivity contribution in [2.45, 2.75) is 13.5 Å². The van der Waals surface area contributed by atoms with Crippen LogP contribution in [0.5, 0.6) is 0 Å². The number of hydrogen-bond acceptors (Lipinski definition) is 2. The first-order chi connectivity index (χ1) is 5.09. The molecule has 0 spiro atoms. The minimum Gasteiger partial charge on any atom is -0.298 e. The van der Waals surface area contributed by atoms with E-state index in [-0.39, 0.29) is 5.78 Å². The third-order valence-corrected chi connectivity index (χ3v) is 2.10. The minimum absolute atomic E-state index is 0.0845. The summed E-state index contributed by atoms with van der Waals surface area (Å²) in [5.74, 6) is 0.0845. The summed E-state index contributed by atoms with van der Waals surface area (Å²) in [4.78, 5) is 10.7. The first-order valence-electron chi connectivity index (χ1n) is 2.98. The molecule has 0 saturated carbocycles. The maximum Gasteiger partial charge on any atom is 0.151 e. The second-order valence-corrected chi connectivity index (χ2v) is 3.77. The van der Waals surface area contributed by atoms with E-state index in [1.165, 1.54) is 6.92 Å². The van der Waals surface area contributed by atoms with Gasteiger partial charge in [0, 0.05) is 6.07 Å². The Bertz CT molecular complexity index is 282. The van der Waals surface area contributed by atoms with E-state index in [4.69, 9.17) is 0 Å². The topological polar surface area (TPSA) is 34.9 Å². The van der Waals surface area contributed by atoms with Crippen molar-refractivity contribution >= 4 is 37.6 Å². The van der Waals surface area contributed by atoms with Gasteiger partial charge in [-0.25, -0.2) is 4.68 Å². The molecule has 3 nitrogen and oxygen atoms in total. The number of rotatable bonds is 2. The van der Waals surface area contributed by atoms with Gasteiger partial charge in [-0.3, -0.25) is 4.79 Å². The van der Waals surface area contributed by atoms with Crippen molar-refractivity contribution in [3.8, 4) is 0 Å². The molecule has 5 heteroatoms. The number of aromatic nitrogens is 2. The number of halogens is 2. The summed E-state index contributed by atoms with van der Waals surface area (Å²) in [6, 6.07) is 1.79. The fraction of sp³-hybridized carbons (Fsp3) is 0.333. The lowest BCUT2D eigenvalue weighted by Gasteiger charge is -1.96. The van der Waals surface area contributed by atoms with Gasteiger partial charge in [-0.2, -0.15) is 5.10 Å². The molecule has 0 N–H and O–H groups in total. The van der Waals surface area contributed by atoms with Gasteiger partial charge in [0.15, 0.2) is 5.78 Å². The maximum atomic E-state index is 10.7. The SMILES string of the molecule is CC(=O)Cn1nc(Br)cc1Br. The lowest BCUT2D eigenvalue weighted by atomic mass is 10.4. The van der Waals surface area contributed by atoms with Crippen LogP contribution >= 0.6 is 31.9 Å². The van der Waals surface area contributed by atoms with Crippen molar-refractivity contribution in [1.82, 2.24) is 9.78 Å². The number of hydrogen-bond donors (Lipinski definition) is 0. The van der Waals surface area contributed by atoms with Crippen molar-refractivity contribution < 1.29 is 4.79 Å². The first-order valence-corrected chi connectivity index (χ1v) is 4.56. The van der Waals surface area contributed by atoms with Gasteiger partial charge in [0.2, 0.25) is 0 Å². The van der Waals surface area contributed by atoms with Crippen molar-refractivity contribution in [2.75, 3.05) is 0 Å². The van der Waals surface area contributed by atoms with Gasteiger partial charge in [0.05, 0.1) is 0 Å². The smallest absolute Gasteiger partial charge is 0.151 e. The molecule has 0 bridgehead atoms. The maximum absolute atomic E-state index is 10.7. The van der Waals surface area contributed by atoms with Crippen LogP contribution in [0.4, 0.5) is 0 Å². The fourth-order valence-corrected chi connectivity index (χ4v) is 1.82. The van der Waals surface area contributed by atoms with Gasteiger partial charge in [0.1, 0.15) is 15.8 Å². The number of Topliss-reactive ketones (excluding diaryl/α,β-unsaturated/α-hetero) is 1. The molecule has 11 heavy (non-hydrogen) atoms. The summed E-state index contributed by atoms with van der Waals surface area (Å²) < 4.78 is 3.12. The van der Waals surface area contributed by atoms with E-state index in [2.05, 4.69) is 37.0 Å². The van der Waals surface area contributed by atoms with E-state index >= 15 is 0 Å². The van der Waals surface area contributed by atoms with Gasteiger partial charge in [0.25, 0.3) is 0 Å². The highest BCUT2D eigenvalue weighted by molar-refractivity contribution is 9.11. The Hall–Kier alpha value is -0.160. The molecule has 0 amide bonds. The molecule has 60 valence electrons. The molecule has 0 aliphatic carbocycles. The summed E-state index contributed by atoms with van der Waals surface area (Å²) in [6.45, 7) is 1.84. The summed E-state index contributed by atoms with van der Waals surface area (Å²) >= 11 is 6.46. The van der Waals surface area contributed by atoms with Crippen LogP contribution < -0.4 is 0 Å². The van der Waals surface area contributed by atoms with Gasteiger partial charge in [-0.05, 0) is 38.8 Å². The van der Waals surface area contributed by atoms with Gasteiger partial charge < -0.3 is 0 Å². The Morgan fingerprint density at radius 1 is 1.73 bits per heavy atom. The van der Waals surface area contributed by atoms with Crippen molar-refractivity contribution in [3.63, 3.8) is 0 Å². The Kier molecular flexibility index (Phi) is 2.84. The van der Waals surface area contributed by atoms with Crippen molar-refractivity contribution in [3.05, 3.63) is 15.3 Å². The molecule has 0 aliphatic heterocycles. The van der Waals surface area contributed by atoms with Crippen LogP contribution in [0.2, 0.25) is 0 Å². The molecule has 0 fully saturated rings. The lowest BCUT2D eigenvalue weighted by molar-refractivity contribution is -0.117.